The summed E-state index contributed by atoms with van der Waals surface area (Å²) in [5.41, 5.74) is 6.25. The molecule has 2 aromatic carbocycles. The molecule has 13 nitrogen and oxygen atoms in total. The fraction of sp³-hybridized carbons (Fsp3) is 0.462. The minimum atomic E-state index is -0.448. The van der Waals surface area contributed by atoms with E-state index in [0.717, 1.165) is 81.3 Å². The molecule has 2 aromatic heterocycles. The summed E-state index contributed by atoms with van der Waals surface area (Å²) in [4.78, 5) is 34.4. The summed E-state index contributed by atoms with van der Waals surface area (Å²) < 4.78 is 1.80. The Hall–Kier alpha value is -5.17. The lowest BCUT2D eigenvalue weighted by atomic mass is 9.95. The van der Waals surface area contributed by atoms with Crippen molar-refractivity contribution in [3.63, 3.8) is 0 Å². The van der Waals surface area contributed by atoms with Crippen LogP contribution in [0.5, 0.6) is 5.75 Å². The van der Waals surface area contributed by atoms with Gasteiger partial charge in [-0.25, -0.2) is 0 Å². The van der Waals surface area contributed by atoms with Gasteiger partial charge in [0.05, 0.1) is 29.1 Å². The summed E-state index contributed by atoms with van der Waals surface area (Å²) in [6.07, 6.45) is 7.46. The van der Waals surface area contributed by atoms with Crippen molar-refractivity contribution in [2.45, 2.75) is 37.8 Å². The van der Waals surface area contributed by atoms with Crippen LogP contribution in [0.15, 0.2) is 66.5 Å². The number of para-hydroxylation sites is 1. The fourth-order valence-corrected chi connectivity index (χ4v) is 9.41. The zero-order chi connectivity index (χ0) is 34.9. The number of aromatic nitrogens is 4. The highest BCUT2D eigenvalue weighted by Crippen LogP contribution is 2.51. The number of amides is 2. The molecule has 4 atom stereocenters. The van der Waals surface area contributed by atoms with Gasteiger partial charge in [-0.3, -0.25) is 24.5 Å². The summed E-state index contributed by atoms with van der Waals surface area (Å²) in [7, 11) is 0. The summed E-state index contributed by atoms with van der Waals surface area (Å²) in [6.45, 7) is 9.38. The van der Waals surface area contributed by atoms with E-state index < -0.39 is 6.04 Å². The number of benzene rings is 2. The van der Waals surface area contributed by atoms with Crippen LogP contribution in [-0.2, 0) is 9.59 Å². The molecule has 0 bridgehead atoms. The van der Waals surface area contributed by atoms with Crippen LogP contribution in [0.2, 0.25) is 0 Å². The molecule has 1 saturated carbocycles. The van der Waals surface area contributed by atoms with Crippen LogP contribution >= 0.6 is 0 Å². The van der Waals surface area contributed by atoms with Gasteiger partial charge in [0.2, 0.25) is 5.91 Å². The van der Waals surface area contributed by atoms with Gasteiger partial charge >= 0.3 is 0 Å². The van der Waals surface area contributed by atoms with Gasteiger partial charge in [0.15, 0.2) is 5.82 Å². The molecule has 5 aliphatic heterocycles. The van der Waals surface area contributed by atoms with Crippen molar-refractivity contribution in [1.82, 2.24) is 35.1 Å². The highest BCUT2D eigenvalue weighted by Gasteiger charge is 2.50. The molecule has 1 aliphatic carbocycles. The third-order valence-electron chi connectivity index (χ3n) is 12.3. The van der Waals surface area contributed by atoms with Crippen molar-refractivity contribution >= 4 is 39.9 Å². The molecule has 13 heteroatoms. The molecule has 0 radical (unpaired) electrons. The van der Waals surface area contributed by atoms with Crippen LogP contribution in [0, 0.1) is 17.8 Å². The number of nitrogens with zero attached hydrogens (tertiary/aromatic N) is 8. The maximum atomic E-state index is 12.5. The molecule has 3 N–H and O–H groups in total. The average Bonchev–Trinajstić information content (AvgIpc) is 3.44. The number of fused-ring (bicyclic) bond motifs is 5. The number of carbonyl (C=O) groups is 2. The molecule has 10 rings (SSSR count). The van der Waals surface area contributed by atoms with Crippen LogP contribution in [0.25, 0.3) is 22.2 Å². The minimum absolute atomic E-state index is 0.208. The van der Waals surface area contributed by atoms with Crippen LogP contribution in [-0.4, -0.2) is 112 Å². The Kier molecular flexibility index (Phi) is 7.59. The number of imide groups is 1. The Morgan fingerprint density at radius 1 is 0.923 bits per heavy atom. The quantitative estimate of drug-likeness (QED) is 0.245. The second-order valence-corrected chi connectivity index (χ2v) is 15.5. The Bertz CT molecular complexity index is 2090. The molecular formula is C39H44N10O3. The second-order valence-electron chi connectivity index (χ2n) is 15.5. The van der Waals surface area contributed by atoms with E-state index in [1.54, 1.807) is 16.3 Å². The first kappa shape index (κ1) is 31.6. The van der Waals surface area contributed by atoms with Crippen LogP contribution in [0.3, 0.4) is 0 Å². The monoisotopic (exact) mass is 700 g/mol. The van der Waals surface area contributed by atoms with E-state index in [1.165, 1.54) is 18.5 Å². The topological polar surface area (TPSA) is 135 Å². The van der Waals surface area contributed by atoms with Gasteiger partial charge in [0.1, 0.15) is 11.8 Å². The number of piperazine rings is 1. The van der Waals surface area contributed by atoms with Crippen molar-refractivity contribution in [2.75, 3.05) is 74.0 Å². The van der Waals surface area contributed by atoms with Gasteiger partial charge in [-0.05, 0) is 73.4 Å². The van der Waals surface area contributed by atoms with Crippen molar-refractivity contribution in [1.29, 1.82) is 0 Å². The molecular weight excluding hydrogens is 656 g/mol. The van der Waals surface area contributed by atoms with Gasteiger partial charge < -0.3 is 25.1 Å². The smallest absolute Gasteiger partial charge is 0.251 e. The van der Waals surface area contributed by atoms with Crippen molar-refractivity contribution < 1.29 is 14.7 Å². The Balaban J connectivity index is 0.715. The molecule has 6 aliphatic rings. The number of rotatable bonds is 7. The number of carbonyl (C=O) groups excluding carboxylic acids is 2. The van der Waals surface area contributed by atoms with Gasteiger partial charge in [-0.1, -0.05) is 12.1 Å². The predicted molar refractivity (Wildman–Crippen MR) is 198 cm³/mol. The number of phenolic OH excluding ortho intramolecular Hbond substituents is 1. The maximum Gasteiger partial charge on any atom is 0.251 e. The lowest BCUT2D eigenvalue weighted by Crippen LogP contribution is -2.58. The van der Waals surface area contributed by atoms with Crippen molar-refractivity contribution in [2.24, 2.45) is 17.8 Å². The molecule has 2 amide bonds. The largest absolute Gasteiger partial charge is 0.507 e. The van der Waals surface area contributed by atoms with E-state index in [-0.39, 0.29) is 17.6 Å². The van der Waals surface area contributed by atoms with Gasteiger partial charge in [0, 0.05) is 93.8 Å². The SMILES string of the molecule is O=C1CCC(n2ncc3ccc(N4CCC(CN5C=C6[C@@H](C5)[C@@H]6CN5CCN6c7cc(-c8ccccc8O)nnc7NC[C@H]6C5)CC4)cc32)C(=O)N1. The van der Waals surface area contributed by atoms with E-state index in [1.807, 2.05) is 24.4 Å². The van der Waals surface area contributed by atoms with E-state index in [4.69, 9.17) is 0 Å². The van der Waals surface area contributed by atoms with Crippen LogP contribution in [0.1, 0.15) is 31.7 Å². The van der Waals surface area contributed by atoms with Gasteiger partial charge in [-0.2, -0.15) is 5.10 Å². The third kappa shape index (κ3) is 5.62. The van der Waals surface area contributed by atoms with E-state index >= 15 is 0 Å². The first-order chi connectivity index (χ1) is 25.4. The lowest BCUT2D eigenvalue weighted by Gasteiger charge is -2.46. The Labute approximate surface area is 302 Å². The van der Waals surface area contributed by atoms with E-state index in [2.05, 4.69) is 76.0 Å². The number of nitrogens with one attached hydrogen (secondary N) is 2. The van der Waals surface area contributed by atoms with Crippen LogP contribution in [0.4, 0.5) is 17.2 Å². The Morgan fingerprint density at radius 3 is 2.63 bits per heavy atom. The normalized spacial score (nSPS) is 26.1. The van der Waals surface area contributed by atoms with Crippen LogP contribution < -0.4 is 20.4 Å². The molecule has 7 heterocycles. The molecule has 0 spiro atoms. The first-order valence-corrected chi connectivity index (χ1v) is 18.9. The molecule has 1 unspecified atom stereocenters. The van der Waals surface area contributed by atoms with Gasteiger partial charge in [0.25, 0.3) is 5.91 Å². The fourth-order valence-electron chi connectivity index (χ4n) is 9.41. The number of hydrogen-bond donors (Lipinski definition) is 3. The molecule has 52 heavy (non-hydrogen) atoms. The summed E-state index contributed by atoms with van der Waals surface area (Å²) >= 11 is 0. The standard InChI is InChI=1S/C39H44N10O3/c50-36-4-2-1-3-28(36)32-16-35-38(44-43-32)40-18-27-20-45(13-14-48(27)35)21-29-30-22-46(23-31(29)30)19-24-9-11-47(12-10-24)26-6-5-25-17-41-49(34(25)15-26)33-7-8-37(51)42-39(33)52/h1-6,15-17,22,24,27,29,31,33,50H,7-14,18-21,23H2,(H,40,44)(H,42,51,52)/t27-,29+,31-,33?/m0/s1. The summed E-state index contributed by atoms with van der Waals surface area (Å²) in [5, 5.41) is 30.8. The zero-order valence-electron chi connectivity index (χ0n) is 29.2. The summed E-state index contributed by atoms with van der Waals surface area (Å²) in [6, 6.07) is 15.8. The Morgan fingerprint density at radius 2 is 1.81 bits per heavy atom. The zero-order valence-corrected chi connectivity index (χ0v) is 29.2. The predicted octanol–water partition coefficient (Wildman–Crippen LogP) is 3.45. The third-order valence-corrected chi connectivity index (χ3v) is 12.3. The number of piperidine rings is 2. The van der Waals surface area contributed by atoms with Gasteiger partial charge in [-0.15, -0.1) is 10.2 Å². The van der Waals surface area contributed by atoms with E-state index in [9.17, 15) is 14.7 Å². The number of anilines is 3. The number of hydrogen-bond acceptors (Lipinski definition) is 11. The highest BCUT2D eigenvalue weighted by atomic mass is 16.3. The molecule has 4 fully saturated rings. The molecule has 4 aromatic rings. The van der Waals surface area contributed by atoms with Crippen molar-refractivity contribution in [3.8, 4) is 17.0 Å². The maximum absolute atomic E-state index is 12.5. The molecule has 3 saturated heterocycles. The number of aromatic hydroxyl groups is 1. The highest BCUT2D eigenvalue weighted by molar-refractivity contribution is 6.00. The van der Waals surface area contributed by atoms with E-state index in [0.29, 0.717) is 47.9 Å². The second kappa shape index (κ2) is 12.5. The molecule has 268 valence electrons. The minimum Gasteiger partial charge on any atom is -0.507 e. The van der Waals surface area contributed by atoms with Crippen molar-refractivity contribution in [3.05, 3.63) is 66.5 Å². The first-order valence-electron chi connectivity index (χ1n) is 18.9. The average molecular weight is 701 g/mol. The lowest BCUT2D eigenvalue weighted by molar-refractivity contribution is -0.135. The summed E-state index contributed by atoms with van der Waals surface area (Å²) in [5.74, 6) is 2.66. The number of phenols is 1.